The average molecular weight is 294 g/mol. The molecular weight excluding hydrogens is 285 g/mol. The molecule has 0 unspecified atom stereocenters. The van der Waals surface area contributed by atoms with Crippen LogP contribution in [0.5, 0.6) is 0 Å². The molecule has 0 aliphatic heterocycles. The van der Waals surface area contributed by atoms with E-state index >= 15 is 0 Å². The van der Waals surface area contributed by atoms with Crippen LogP contribution in [0.2, 0.25) is 0 Å². The minimum Gasteiger partial charge on any atom is -0.294 e. The van der Waals surface area contributed by atoms with Gasteiger partial charge in [0.15, 0.2) is 5.78 Å². The summed E-state index contributed by atoms with van der Waals surface area (Å²) in [6.07, 6.45) is 1.86. The molecule has 0 fully saturated rings. The minimum absolute atomic E-state index is 0.109. The van der Waals surface area contributed by atoms with Crippen molar-refractivity contribution in [2.24, 2.45) is 0 Å². The largest absolute Gasteiger partial charge is 0.294 e. The van der Waals surface area contributed by atoms with Crippen molar-refractivity contribution in [1.29, 1.82) is 0 Å². The van der Waals surface area contributed by atoms with Gasteiger partial charge in [0.05, 0.1) is 0 Å². The summed E-state index contributed by atoms with van der Waals surface area (Å²) in [6.45, 7) is 0. The molecule has 0 aliphatic carbocycles. The molecule has 1 aromatic heterocycles. The first-order chi connectivity index (χ1) is 8.15. The number of carbonyl (C=O) groups is 1. The van der Waals surface area contributed by atoms with Crippen LogP contribution < -0.4 is 0 Å². The Labute approximate surface area is 107 Å². The number of ketones is 1. The van der Waals surface area contributed by atoms with Gasteiger partial charge in [-0.25, -0.2) is 9.37 Å². The predicted octanol–water partition coefficient (Wildman–Crippen LogP) is 3.41. The zero-order chi connectivity index (χ0) is 12.3. The lowest BCUT2D eigenvalue weighted by Gasteiger charge is -2.02. The van der Waals surface area contributed by atoms with Gasteiger partial charge in [0.25, 0.3) is 0 Å². The fourth-order valence-electron chi connectivity index (χ4n) is 1.50. The highest BCUT2D eigenvalue weighted by Gasteiger charge is 2.08. The number of benzene rings is 1. The highest BCUT2D eigenvalue weighted by atomic mass is 79.9. The van der Waals surface area contributed by atoms with E-state index in [1.165, 1.54) is 18.2 Å². The lowest BCUT2D eigenvalue weighted by molar-refractivity contribution is 0.0992. The van der Waals surface area contributed by atoms with Gasteiger partial charge >= 0.3 is 0 Å². The van der Waals surface area contributed by atoms with Crippen LogP contribution in [-0.2, 0) is 6.42 Å². The van der Waals surface area contributed by atoms with Crippen LogP contribution in [0, 0.1) is 5.82 Å². The number of carbonyl (C=O) groups excluding carboxylic acids is 1. The molecule has 0 spiro atoms. The molecule has 0 bridgehead atoms. The maximum Gasteiger partial charge on any atom is 0.167 e. The van der Waals surface area contributed by atoms with Crippen LogP contribution >= 0.6 is 15.9 Å². The van der Waals surface area contributed by atoms with E-state index in [1.807, 2.05) is 0 Å². The maximum atomic E-state index is 13.0. The van der Waals surface area contributed by atoms with E-state index in [-0.39, 0.29) is 12.2 Å². The molecule has 0 atom stereocenters. The number of hydrogen-bond acceptors (Lipinski definition) is 2. The van der Waals surface area contributed by atoms with E-state index in [9.17, 15) is 9.18 Å². The molecule has 0 N–H and O–H groups in total. The second-order valence-electron chi connectivity index (χ2n) is 3.60. The molecule has 2 aromatic rings. The quantitative estimate of drug-likeness (QED) is 0.641. The van der Waals surface area contributed by atoms with E-state index in [0.717, 1.165) is 5.56 Å². The number of pyridine rings is 1. The second-order valence-corrected chi connectivity index (χ2v) is 4.41. The average Bonchev–Trinajstić information content (AvgIpc) is 2.29. The van der Waals surface area contributed by atoms with Gasteiger partial charge in [0.1, 0.15) is 10.4 Å². The van der Waals surface area contributed by atoms with Crippen molar-refractivity contribution in [2.45, 2.75) is 6.42 Å². The van der Waals surface area contributed by atoms with Crippen LogP contribution in [0.4, 0.5) is 4.39 Å². The molecule has 0 aliphatic rings. The molecule has 1 heterocycles. The highest BCUT2D eigenvalue weighted by Crippen LogP contribution is 2.12. The van der Waals surface area contributed by atoms with Crippen molar-refractivity contribution in [2.75, 3.05) is 0 Å². The Morgan fingerprint density at radius 2 is 2.12 bits per heavy atom. The van der Waals surface area contributed by atoms with Crippen LogP contribution in [-0.4, -0.2) is 10.8 Å². The van der Waals surface area contributed by atoms with Crippen LogP contribution in [0.15, 0.2) is 47.2 Å². The van der Waals surface area contributed by atoms with Gasteiger partial charge in [-0.15, -0.1) is 0 Å². The molecule has 0 amide bonds. The SMILES string of the molecule is O=C(Cc1ccnc(Br)c1)c1cccc(F)c1. The lowest BCUT2D eigenvalue weighted by Crippen LogP contribution is -2.04. The van der Waals surface area contributed by atoms with Gasteiger partial charge in [0.2, 0.25) is 0 Å². The molecule has 86 valence electrons. The topological polar surface area (TPSA) is 30.0 Å². The third-order valence-electron chi connectivity index (χ3n) is 2.30. The summed E-state index contributed by atoms with van der Waals surface area (Å²) in [5, 5.41) is 0. The van der Waals surface area contributed by atoms with Crippen LogP contribution in [0.3, 0.4) is 0 Å². The Hall–Kier alpha value is -1.55. The normalized spacial score (nSPS) is 10.2. The smallest absolute Gasteiger partial charge is 0.167 e. The summed E-state index contributed by atoms with van der Waals surface area (Å²) in [5.74, 6) is -0.505. The third kappa shape index (κ3) is 3.20. The summed E-state index contributed by atoms with van der Waals surface area (Å²) in [4.78, 5) is 15.9. The Balaban J connectivity index is 2.17. The Morgan fingerprint density at radius 1 is 1.29 bits per heavy atom. The van der Waals surface area contributed by atoms with Crippen molar-refractivity contribution >= 4 is 21.7 Å². The first-order valence-corrected chi connectivity index (χ1v) is 5.83. The first-order valence-electron chi connectivity index (χ1n) is 5.04. The third-order valence-corrected chi connectivity index (χ3v) is 2.74. The van der Waals surface area contributed by atoms with Crippen LogP contribution in [0.1, 0.15) is 15.9 Å². The molecule has 2 rings (SSSR count). The van der Waals surface area contributed by atoms with Gasteiger partial charge in [-0.3, -0.25) is 4.79 Å². The highest BCUT2D eigenvalue weighted by molar-refractivity contribution is 9.10. The van der Waals surface area contributed by atoms with E-state index in [1.54, 1.807) is 24.4 Å². The number of halogens is 2. The number of nitrogens with zero attached hydrogens (tertiary/aromatic N) is 1. The summed E-state index contributed by atoms with van der Waals surface area (Å²) in [6, 6.07) is 9.25. The fourth-order valence-corrected chi connectivity index (χ4v) is 1.91. The number of Topliss-reactive ketones (excluding diaryl/α,β-unsaturated/α-hetero) is 1. The van der Waals surface area contributed by atoms with Gasteiger partial charge in [0, 0.05) is 18.2 Å². The second kappa shape index (κ2) is 5.19. The number of hydrogen-bond donors (Lipinski definition) is 0. The van der Waals surface area contributed by atoms with Gasteiger partial charge in [-0.05, 0) is 45.8 Å². The number of aromatic nitrogens is 1. The molecule has 0 saturated heterocycles. The fraction of sp³-hybridized carbons (Fsp3) is 0.0769. The minimum atomic E-state index is -0.397. The summed E-state index contributed by atoms with van der Waals surface area (Å²) in [5.41, 5.74) is 1.24. The summed E-state index contributed by atoms with van der Waals surface area (Å²) in [7, 11) is 0. The van der Waals surface area contributed by atoms with E-state index in [0.29, 0.717) is 10.2 Å². The lowest BCUT2D eigenvalue weighted by atomic mass is 10.0. The molecule has 1 aromatic carbocycles. The van der Waals surface area contributed by atoms with Gasteiger partial charge < -0.3 is 0 Å². The van der Waals surface area contributed by atoms with E-state index < -0.39 is 5.82 Å². The maximum absolute atomic E-state index is 13.0. The Kier molecular flexibility index (Phi) is 3.64. The molecular formula is C13H9BrFNO. The van der Waals surface area contributed by atoms with Crippen molar-refractivity contribution in [1.82, 2.24) is 4.98 Å². The van der Waals surface area contributed by atoms with E-state index in [2.05, 4.69) is 20.9 Å². The zero-order valence-electron chi connectivity index (χ0n) is 8.86. The van der Waals surface area contributed by atoms with Crippen molar-refractivity contribution < 1.29 is 9.18 Å². The predicted molar refractivity (Wildman–Crippen MR) is 66.4 cm³/mol. The summed E-state index contributed by atoms with van der Waals surface area (Å²) < 4.78 is 13.6. The molecule has 4 heteroatoms. The zero-order valence-corrected chi connectivity index (χ0v) is 10.4. The first kappa shape index (κ1) is 11.9. The standard InChI is InChI=1S/C13H9BrFNO/c14-13-7-9(4-5-16-13)6-12(17)10-2-1-3-11(15)8-10/h1-5,7-8H,6H2. The van der Waals surface area contributed by atoms with Crippen molar-refractivity contribution in [3.8, 4) is 0 Å². The van der Waals surface area contributed by atoms with Gasteiger partial charge in [-0.1, -0.05) is 12.1 Å². The van der Waals surface area contributed by atoms with Crippen molar-refractivity contribution in [3.63, 3.8) is 0 Å². The Bertz CT molecular complexity index is 557. The van der Waals surface area contributed by atoms with E-state index in [4.69, 9.17) is 0 Å². The molecule has 0 radical (unpaired) electrons. The van der Waals surface area contributed by atoms with Gasteiger partial charge in [-0.2, -0.15) is 0 Å². The molecule has 0 saturated carbocycles. The number of rotatable bonds is 3. The Morgan fingerprint density at radius 3 is 2.82 bits per heavy atom. The van der Waals surface area contributed by atoms with Crippen molar-refractivity contribution in [3.05, 3.63) is 64.1 Å². The summed E-state index contributed by atoms with van der Waals surface area (Å²) >= 11 is 3.24. The van der Waals surface area contributed by atoms with Crippen LogP contribution in [0.25, 0.3) is 0 Å². The molecule has 17 heavy (non-hydrogen) atoms. The monoisotopic (exact) mass is 293 g/mol. The molecule has 2 nitrogen and oxygen atoms in total.